The van der Waals surface area contributed by atoms with Crippen LogP contribution in [0.15, 0.2) is 4.99 Å². The van der Waals surface area contributed by atoms with E-state index in [9.17, 15) is 0 Å². The molecular formula is C12H27NO3Si. The first-order chi connectivity index (χ1) is 8.17. The number of hydrogen-bond acceptors (Lipinski definition) is 4. The van der Waals surface area contributed by atoms with E-state index in [1.165, 1.54) is 12.1 Å². The van der Waals surface area contributed by atoms with Gasteiger partial charge in [-0.2, -0.15) is 0 Å². The Morgan fingerprint density at radius 3 is 2.06 bits per heavy atom. The fraction of sp³-hybridized carbons (Fsp3) is 0.917. The third-order valence-electron chi connectivity index (χ3n) is 2.86. The molecule has 0 saturated heterocycles. The first-order valence-corrected chi connectivity index (χ1v) is 8.28. The van der Waals surface area contributed by atoms with Crippen LogP contribution in [0.5, 0.6) is 0 Å². The normalized spacial score (nSPS) is 13.1. The number of aliphatic imine (C=N–C) groups is 1. The molecule has 102 valence electrons. The van der Waals surface area contributed by atoms with Crippen LogP contribution >= 0.6 is 0 Å². The van der Waals surface area contributed by atoms with E-state index in [1.807, 2.05) is 0 Å². The molecule has 0 aliphatic heterocycles. The fourth-order valence-corrected chi connectivity index (χ4v) is 3.45. The first-order valence-electron chi connectivity index (χ1n) is 6.35. The second-order valence-corrected chi connectivity index (χ2v) is 7.04. The molecule has 0 unspecified atom stereocenters. The van der Waals surface area contributed by atoms with Crippen LogP contribution in [0.1, 0.15) is 39.5 Å². The molecule has 0 aromatic carbocycles. The summed E-state index contributed by atoms with van der Waals surface area (Å²) in [6, 6.07) is 0.823. The van der Waals surface area contributed by atoms with Crippen molar-refractivity contribution >= 4 is 14.5 Å². The van der Waals surface area contributed by atoms with Gasteiger partial charge in [-0.25, -0.2) is 0 Å². The van der Waals surface area contributed by atoms with Gasteiger partial charge < -0.3 is 13.3 Å². The minimum atomic E-state index is -2.39. The van der Waals surface area contributed by atoms with E-state index >= 15 is 0 Å². The Hall–Kier alpha value is -0.233. The Balaban J connectivity index is 4.03. The maximum atomic E-state index is 5.36. The standard InChI is InChI=1S/C12H27NO3Si/c1-6-9-12(7-2)13-10-8-11-17(14-3,15-4)16-5/h6-11H2,1-5H3. The summed E-state index contributed by atoms with van der Waals surface area (Å²) in [7, 11) is 2.56. The van der Waals surface area contributed by atoms with Gasteiger partial charge in [-0.15, -0.1) is 0 Å². The molecule has 0 N–H and O–H groups in total. The summed E-state index contributed by atoms with van der Waals surface area (Å²) < 4.78 is 16.1. The molecule has 0 aliphatic rings. The van der Waals surface area contributed by atoms with Gasteiger partial charge in [-0.05, 0) is 19.3 Å². The molecule has 0 aromatic heterocycles. The maximum absolute atomic E-state index is 5.36. The Bertz CT molecular complexity index is 210. The molecule has 0 rings (SSSR count). The molecular weight excluding hydrogens is 234 g/mol. The predicted molar refractivity (Wildman–Crippen MR) is 73.7 cm³/mol. The van der Waals surface area contributed by atoms with E-state index in [4.69, 9.17) is 13.3 Å². The molecule has 0 atom stereocenters. The summed E-state index contributed by atoms with van der Waals surface area (Å²) in [5, 5.41) is 0. The highest BCUT2D eigenvalue weighted by atomic mass is 28.4. The summed E-state index contributed by atoms with van der Waals surface area (Å²) in [5.41, 5.74) is 1.31. The molecule has 0 aromatic rings. The fourth-order valence-electron chi connectivity index (χ4n) is 1.75. The second kappa shape index (κ2) is 9.76. The minimum Gasteiger partial charge on any atom is -0.377 e. The van der Waals surface area contributed by atoms with Crippen molar-refractivity contribution < 1.29 is 13.3 Å². The average Bonchev–Trinajstić information content (AvgIpc) is 2.38. The molecule has 0 spiro atoms. The molecule has 0 aliphatic carbocycles. The van der Waals surface area contributed by atoms with Crippen molar-refractivity contribution in [3.05, 3.63) is 0 Å². The highest BCUT2D eigenvalue weighted by Gasteiger charge is 2.36. The van der Waals surface area contributed by atoms with Crippen LogP contribution in [0.3, 0.4) is 0 Å². The molecule has 0 saturated carbocycles. The van der Waals surface area contributed by atoms with Crippen molar-refractivity contribution in [2.75, 3.05) is 27.9 Å². The first kappa shape index (κ1) is 16.8. The van der Waals surface area contributed by atoms with Gasteiger partial charge in [0, 0.05) is 39.6 Å². The van der Waals surface area contributed by atoms with Gasteiger partial charge in [0.2, 0.25) is 0 Å². The lowest BCUT2D eigenvalue weighted by Gasteiger charge is -2.23. The Kier molecular flexibility index (Phi) is 9.63. The van der Waals surface area contributed by atoms with Gasteiger partial charge >= 0.3 is 8.80 Å². The van der Waals surface area contributed by atoms with Crippen LogP contribution in [0, 0.1) is 0 Å². The summed E-state index contributed by atoms with van der Waals surface area (Å²) in [6.07, 6.45) is 4.28. The van der Waals surface area contributed by atoms with E-state index in [0.717, 1.165) is 31.9 Å². The van der Waals surface area contributed by atoms with Crippen molar-refractivity contribution in [1.82, 2.24) is 0 Å². The largest absolute Gasteiger partial charge is 0.500 e. The minimum absolute atomic E-state index is 0.823. The summed E-state index contributed by atoms with van der Waals surface area (Å²) in [4.78, 5) is 4.61. The van der Waals surface area contributed by atoms with Gasteiger partial charge in [0.1, 0.15) is 0 Å². The van der Waals surface area contributed by atoms with Crippen LogP contribution in [0.2, 0.25) is 6.04 Å². The van der Waals surface area contributed by atoms with Crippen molar-refractivity contribution in [3.8, 4) is 0 Å². The molecule has 0 amide bonds. The van der Waals surface area contributed by atoms with Crippen LogP contribution < -0.4 is 0 Å². The van der Waals surface area contributed by atoms with Crippen LogP contribution in [-0.4, -0.2) is 42.4 Å². The topological polar surface area (TPSA) is 40.0 Å². The molecule has 0 bridgehead atoms. The van der Waals surface area contributed by atoms with E-state index in [0.29, 0.717) is 0 Å². The summed E-state index contributed by atoms with van der Waals surface area (Å²) in [6.45, 7) is 5.19. The van der Waals surface area contributed by atoms with Crippen molar-refractivity contribution in [1.29, 1.82) is 0 Å². The SMILES string of the molecule is CCCC(CC)=NCCC[Si](OC)(OC)OC. The monoisotopic (exact) mass is 261 g/mol. The molecule has 0 radical (unpaired) electrons. The summed E-state index contributed by atoms with van der Waals surface area (Å²) in [5.74, 6) is 0. The molecule has 0 fully saturated rings. The Morgan fingerprint density at radius 2 is 1.65 bits per heavy atom. The van der Waals surface area contributed by atoms with Crippen molar-refractivity contribution in [3.63, 3.8) is 0 Å². The van der Waals surface area contributed by atoms with Crippen molar-refractivity contribution in [2.45, 2.75) is 45.6 Å². The summed E-state index contributed by atoms with van der Waals surface area (Å²) >= 11 is 0. The third kappa shape index (κ3) is 6.31. The zero-order valence-corrected chi connectivity index (χ0v) is 12.9. The highest BCUT2D eigenvalue weighted by Crippen LogP contribution is 2.15. The number of nitrogens with zero attached hydrogens (tertiary/aromatic N) is 1. The lowest BCUT2D eigenvalue weighted by atomic mass is 10.2. The van der Waals surface area contributed by atoms with Crippen LogP contribution in [-0.2, 0) is 13.3 Å². The van der Waals surface area contributed by atoms with Gasteiger partial charge in [0.05, 0.1) is 0 Å². The van der Waals surface area contributed by atoms with E-state index in [1.54, 1.807) is 21.3 Å². The van der Waals surface area contributed by atoms with Gasteiger partial charge in [-0.1, -0.05) is 20.3 Å². The quantitative estimate of drug-likeness (QED) is 0.345. The van der Waals surface area contributed by atoms with Crippen LogP contribution in [0.25, 0.3) is 0 Å². The Labute approximate surface area is 107 Å². The highest BCUT2D eigenvalue weighted by molar-refractivity contribution is 6.60. The lowest BCUT2D eigenvalue weighted by Crippen LogP contribution is -2.42. The zero-order valence-electron chi connectivity index (χ0n) is 11.9. The number of rotatable bonds is 10. The number of hydrogen-bond donors (Lipinski definition) is 0. The van der Waals surface area contributed by atoms with E-state index in [-0.39, 0.29) is 0 Å². The second-order valence-electron chi connectivity index (χ2n) is 3.95. The lowest BCUT2D eigenvalue weighted by molar-refractivity contribution is 0.123. The van der Waals surface area contributed by atoms with Gasteiger partial charge in [0.25, 0.3) is 0 Å². The van der Waals surface area contributed by atoms with E-state index < -0.39 is 8.80 Å². The third-order valence-corrected chi connectivity index (χ3v) is 5.69. The van der Waals surface area contributed by atoms with Crippen molar-refractivity contribution in [2.24, 2.45) is 4.99 Å². The van der Waals surface area contributed by atoms with Gasteiger partial charge in [-0.3, -0.25) is 4.99 Å². The average molecular weight is 261 g/mol. The Morgan fingerprint density at radius 1 is 1.06 bits per heavy atom. The maximum Gasteiger partial charge on any atom is 0.500 e. The smallest absolute Gasteiger partial charge is 0.377 e. The molecule has 0 heterocycles. The molecule has 17 heavy (non-hydrogen) atoms. The van der Waals surface area contributed by atoms with Crippen LogP contribution in [0.4, 0.5) is 0 Å². The molecule has 4 nitrogen and oxygen atoms in total. The van der Waals surface area contributed by atoms with E-state index in [2.05, 4.69) is 18.8 Å². The van der Waals surface area contributed by atoms with Gasteiger partial charge in [0.15, 0.2) is 0 Å². The molecule has 5 heteroatoms. The predicted octanol–water partition coefficient (Wildman–Crippen LogP) is 2.91. The zero-order chi connectivity index (χ0) is 13.1.